The first-order valence-corrected chi connectivity index (χ1v) is 7.49. The summed E-state index contributed by atoms with van der Waals surface area (Å²) >= 11 is 0. The fraction of sp³-hybridized carbons (Fsp3) is 0.188. The fourth-order valence-corrected chi connectivity index (χ4v) is 2.73. The Bertz CT molecular complexity index is 1120. The molecule has 0 fully saturated rings. The molecule has 0 saturated carbocycles. The van der Waals surface area contributed by atoms with Crippen LogP contribution in [0.5, 0.6) is 5.75 Å². The van der Waals surface area contributed by atoms with E-state index in [9.17, 15) is 14.3 Å². The Morgan fingerprint density at radius 3 is 3.04 bits per heavy atom. The molecule has 0 unspecified atom stereocenters. The van der Waals surface area contributed by atoms with Crippen LogP contribution in [0.4, 0.5) is 10.4 Å². The molecule has 4 rings (SSSR count). The number of aryl methyl sites for hydroxylation is 1. The number of halogens is 1. The molecule has 0 aliphatic carbocycles. The minimum absolute atomic E-state index is 0.0181. The van der Waals surface area contributed by atoms with E-state index in [1.165, 1.54) is 29.1 Å². The summed E-state index contributed by atoms with van der Waals surface area (Å²) in [5.41, 5.74) is 2.41. The Morgan fingerprint density at radius 2 is 2.24 bits per heavy atom. The normalized spacial score (nSPS) is 11.5. The van der Waals surface area contributed by atoms with Crippen molar-refractivity contribution in [3.05, 3.63) is 36.0 Å². The summed E-state index contributed by atoms with van der Waals surface area (Å²) in [6, 6.07) is 3.91. The summed E-state index contributed by atoms with van der Waals surface area (Å²) in [6.07, 6.45) is 1.48. The number of fused-ring (bicyclic) bond motifs is 2. The number of oxazole rings is 1. The van der Waals surface area contributed by atoms with Crippen LogP contribution in [0.15, 0.2) is 28.9 Å². The predicted molar refractivity (Wildman–Crippen MR) is 87.7 cm³/mol. The minimum Gasteiger partial charge on any atom is -0.504 e. The van der Waals surface area contributed by atoms with Crippen molar-refractivity contribution in [3.8, 4) is 5.75 Å². The maximum Gasteiger partial charge on any atom is 0.302 e. The van der Waals surface area contributed by atoms with Crippen LogP contribution in [-0.4, -0.2) is 30.1 Å². The van der Waals surface area contributed by atoms with Crippen molar-refractivity contribution in [1.29, 1.82) is 0 Å². The predicted octanol–water partition coefficient (Wildman–Crippen LogP) is 2.31. The van der Waals surface area contributed by atoms with Gasteiger partial charge in [0.25, 0.3) is 0 Å². The monoisotopic (exact) mass is 343 g/mol. The summed E-state index contributed by atoms with van der Waals surface area (Å²) in [5.74, 6) is -0.773. The van der Waals surface area contributed by atoms with E-state index in [0.717, 1.165) is 0 Å². The van der Waals surface area contributed by atoms with Gasteiger partial charge in [-0.1, -0.05) is 0 Å². The zero-order valence-electron chi connectivity index (χ0n) is 13.4. The van der Waals surface area contributed by atoms with Crippen molar-refractivity contribution in [2.24, 2.45) is 7.05 Å². The lowest BCUT2D eigenvalue weighted by Crippen LogP contribution is -2.18. The summed E-state index contributed by atoms with van der Waals surface area (Å²) in [6.45, 7) is 1.68. The lowest BCUT2D eigenvalue weighted by molar-refractivity contribution is -0.116. The number of amides is 1. The number of carbonyl (C=O) groups is 1. The van der Waals surface area contributed by atoms with Crippen molar-refractivity contribution in [1.82, 2.24) is 19.1 Å². The highest BCUT2D eigenvalue weighted by atomic mass is 19.1. The van der Waals surface area contributed by atoms with Gasteiger partial charge in [0.2, 0.25) is 5.91 Å². The number of nitrogens with one attached hydrogen (secondary N) is 1. The van der Waals surface area contributed by atoms with Crippen molar-refractivity contribution in [3.63, 3.8) is 0 Å². The molecule has 128 valence electrons. The van der Waals surface area contributed by atoms with E-state index in [1.807, 2.05) is 0 Å². The average molecular weight is 343 g/mol. The number of imidazole rings is 1. The Balaban J connectivity index is 1.58. The molecule has 0 radical (unpaired) electrons. The van der Waals surface area contributed by atoms with Crippen LogP contribution in [0.25, 0.3) is 22.3 Å². The number of rotatable bonds is 3. The fourth-order valence-electron chi connectivity index (χ4n) is 2.73. The van der Waals surface area contributed by atoms with Gasteiger partial charge in [-0.05, 0) is 19.1 Å². The van der Waals surface area contributed by atoms with Gasteiger partial charge in [0.15, 0.2) is 17.0 Å². The van der Waals surface area contributed by atoms with E-state index < -0.39 is 11.7 Å². The van der Waals surface area contributed by atoms with Gasteiger partial charge in [-0.25, -0.2) is 9.37 Å². The average Bonchev–Trinajstić information content (AvgIpc) is 3.20. The largest absolute Gasteiger partial charge is 0.504 e. The first-order valence-electron chi connectivity index (χ1n) is 7.49. The third-order valence-electron chi connectivity index (χ3n) is 4.12. The summed E-state index contributed by atoms with van der Waals surface area (Å²) < 4.78 is 21.8. The van der Waals surface area contributed by atoms with E-state index >= 15 is 0 Å². The summed E-state index contributed by atoms with van der Waals surface area (Å²) in [4.78, 5) is 20.5. The third-order valence-corrected chi connectivity index (χ3v) is 4.12. The van der Waals surface area contributed by atoms with Crippen LogP contribution in [0.3, 0.4) is 0 Å². The molecule has 0 spiro atoms. The topological polar surface area (TPSA) is 98.1 Å². The second kappa shape index (κ2) is 5.33. The lowest BCUT2D eigenvalue weighted by Gasteiger charge is -2.03. The molecular formula is C16H14FN5O3. The molecule has 2 N–H and O–H groups in total. The van der Waals surface area contributed by atoms with Crippen molar-refractivity contribution in [2.45, 2.75) is 13.5 Å². The van der Waals surface area contributed by atoms with Gasteiger partial charge in [-0.3, -0.25) is 10.1 Å². The Labute approximate surface area is 140 Å². The van der Waals surface area contributed by atoms with E-state index in [0.29, 0.717) is 22.4 Å². The van der Waals surface area contributed by atoms with Gasteiger partial charge in [-0.2, -0.15) is 4.98 Å². The SMILES string of the molecule is Cc1c(O)c2c(ncn2CC(=O)Nc2nc3ccc(F)cc3o2)n1C. The quantitative estimate of drug-likeness (QED) is 0.595. The molecule has 0 aliphatic rings. The molecule has 1 aromatic carbocycles. The number of aromatic nitrogens is 4. The molecular weight excluding hydrogens is 329 g/mol. The minimum atomic E-state index is -0.447. The van der Waals surface area contributed by atoms with E-state index in [2.05, 4.69) is 15.3 Å². The Hall–Kier alpha value is -3.36. The third kappa shape index (κ3) is 2.40. The van der Waals surface area contributed by atoms with Gasteiger partial charge < -0.3 is 18.7 Å². The number of anilines is 1. The number of carbonyl (C=O) groups excluding carboxylic acids is 1. The van der Waals surface area contributed by atoms with Gasteiger partial charge in [-0.15, -0.1) is 0 Å². The smallest absolute Gasteiger partial charge is 0.302 e. The van der Waals surface area contributed by atoms with Crippen LogP contribution < -0.4 is 5.32 Å². The van der Waals surface area contributed by atoms with Gasteiger partial charge in [0.05, 0.1) is 12.0 Å². The van der Waals surface area contributed by atoms with Gasteiger partial charge in [0.1, 0.15) is 23.4 Å². The molecule has 0 aliphatic heterocycles. The molecule has 25 heavy (non-hydrogen) atoms. The van der Waals surface area contributed by atoms with Crippen molar-refractivity contribution >= 4 is 34.2 Å². The highest BCUT2D eigenvalue weighted by Gasteiger charge is 2.18. The zero-order chi connectivity index (χ0) is 17.7. The summed E-state index contributed by atoms with van der Waals surface area (Å²) in [5, 5.41) is 12.7. The van der Waals surface area contributed by atoms with Crippen LogP contribution in [0.2, 0.25) is 0 Å². The van der Waals surface area contributed by atoms with Crippen LogP contribution >= 0.6 is 0 Å². The Morgan fingerprint density at radius 1 is 1.44 bits per heavy atom. The Kier molecular flexibility index (Phi) is 3.24. The number of nitrogens with zero attached hydrogens (tertiary/aromatic N) is 4. The first kappa shape index (κ1) is 15.2. The van der Waals surface area contributed by atoms with Crippen LogP contribution in [0, 0.1) is 12.7 Å². The number of aromatic hydroxyl groups is 1. The number of hydrogen-bond donors (Lipinski definition) is 2. The van der Waals surface area contributed by atoms with E-state index in [1.54, 1.807) is 18.5 Å². The first-order chi connectivity index (χ1) is 11.9. The van der Waals surface area contributed by atoms with Gasteiger partial charge >= 0.3 is 6.01 Å². The second-order valence-electron chi connectivity index (χ2n) is 5.72. The van der Waals surface area contributed by atoms with Gasteiger partial charge in [0, 0.05) is 13.1 Å². The van der Waals surface area contributed by atoms with Crippen LogP contribution in [-0.2, 0) is 18.4 Å². The van der Waals surface area contributed by atoms with Crippen LogP contribution in [0.1, 0.15) is 5.69 Å². The van der Waals surface area contributed by atoms with E-state index in [4.69, 9.17) is 4.42 Å². The zero-order valence-corrected chi connectivity index (χ0v) is 13.4. The highest BCUT2D eigenvalue weighted by Crippen LogP contribution is 2.30. The molecule has 4 aromatic rings. The number of hydrogen-bond acceptors (Lipinski definition) is 5. The molecule has 0 atom stereocenters. The maximum absolute atomic E-state index is 13.2. The molecule has 0 saturated heterocycles. The lowest BCUT2D eigenvalue weighted by atomic mass is 10.3. The van der Waals surface area contributed by atoms with Crippen molar-refractivity contribution in [2.75, 3.05) is 5.32 Å². The molecule has 8 nitrogen and oxygen atoms in total. The number of benzene rings is 1. The van der Waals surface area contributed by atoms with E-state index in [-0.39, 0.29) is 23.9 Å². The highest BCUT2D eigenvalue weighted by molar-refractivity contribution is 5.91. The molecule has 9 heteroatoms. The second-order valence-corrected chi connectivity index (χ2v) is 5.72. The molecule has 3 aromatic heterocycles. The summed E-state index contributed by atoms with van der Waals surface area (Å²) in [7, 11) is 1.78. The molecule has 0 bridgehead atoms. The molecule has 1 amide bonds. The van der Waals surface area contributed by atoms with Crippen molar-refractivity contribution < 1.29 is 18.7 Å². The maximum atomic E-state index is 13.2. The standard InChI is InChI=1S/C16H14FN5O3/c1-8-14(24)13-15(21(8)2)18-7-22(13)6-12(23)20-16-19-10-4-3-9(17)5-11(10)25-16/h3-5,7,24H,6H2,1-2H3,(H,19,20,23). The molecule has 3 heterocycles.